The van der Waals surface area contributed by atoms with Crippen LogP contribution >= 0.6 is 27.3 Å². The van der Waals surface area contributed by atoms with Gasteiger partial charge in [-0.3, -0.25) is 10.1 Å². The number of rotatable bonds is 7. The first-order valence-corrected chi connectivity index (χ1v) is 8.75. The Balaban J connectivity index is 1.88. The lowest BCUT2D eigenvalue weighted by atomic mass is 10.3. The first kappa shape index (κ1) is 16.9. The Hall–Kier alpha value is -1.47. The van der Waals surface area contributed by atoms with E-state index in [1.54, 1.807) is 6.92 Å². The van der Waals surface area contributed by atoms with E-state index in [4.69, 9.17) is 4.74 Å². The highest BCUT2D eigenvalue weighted by molar-refractivity contribution is 9.10. The minimum Gasteiger partial charge on any atom is -0.481 e. The first-order chi connectivity index (χ1) is 10.6. The van der Waals surface area contributed by atoms with E-state index < -0.39 is 6.10 Å². The van der Waals surface area contributed by atoms with Gasteiger partial charge in [-0.2, -0.15) is 0 Å². The Morgan fingerprint density at radius 1 is 1.36 bits per heavy atom. The van der Waals surface area contributed by atoms with Crippen LogP contribution < -0.4 is 10.1 Å². The fourth-order valence-electron chi connectivity index (χ4n) is 1.71. The zero-order chi connectivity index (χ0) is 15.9. The van der Waals surface area contributed by atoms with E-state index in [0.717, 1.165) is 28.7 Å². The molecule has 0 saturated heterocycles. The minimum absolute atomic E-state index is 0.235. The number of amides is 1. The van der Waals surface area contributed by atoms with Gasteiger partial charge in [0.1, 0.15) is 10.8 Å². The molecule has 0 aliphatic carbocycles. The summed E-state index contributed by atoms with van der Waals surface area (Å²) in [5, 5.41) is 12.3. The van der Waals surface area contributed by atoms with Gasteiger partial charge in [-0.05, 0) is 37.6 Å². The van der Waals surface area contributed by atoms with Crippen LogP contribution in [0.4, 0.5) is 5.13 Å². The summed E-state index contributed by atoms with van der Waals surface area (Å²) in [6, 6.07) is 7.35. The van der Waals surface area contributed by atoms with Gasteiger partial charge < -0.3 is 4.74 Å². The van der Waals surface area contributed by atoms with Crippen molar-refractivity contribution >= 4 is 38.3 Å². The number of hydrogen-bond acceptors (Lipinski definition) is 5. The van der Waals surface area contributed by atoms with E-state index in [0.29, 0.717) is 10.9 Å². The minimum atomic E-state index is -0.607. The molecule has 0 spiro atoms. The normalized spacial score (nSPS) is 12.0. The van der Waals surface area contributed by atoms with Crippen molar-refractivity contribution in [2.45, 2.75) is 39.2 Å². The highest BCUT2D eigenvalue weighted by Gasteiger charge is 2.17. The molecule has 1 heterocycles. The predicted octanol–water partition coefficient (Wildman–Crippen LogP) is 4.05. The average molecular weight is 384 g/mol. The number of carbonyl (C=O) groups excluding carboxylic acids is 1. The van der Waals surface area contributed by atoms with E-state index >= 15 is 0 Å². The second-order valence-electron chi connectivity index (χ2n) is 4.81. The molecule has 22 heavy (non-hydrogen) atoms. The van der Waals surface area contributed by atoms with Crippen LogP contribution in [0, 0.1) is 0 Å². The molecule has 0 aliphatic heterocycles. The number of nitrogens with zero attached hydrogens (tertiary/aromatic N) is 2. The number of nitrogens with one attached hydrogen (secondary N) is 1. The highest BCUT2D eigenvalue weighted by Crippen LogP contribution is 2.19. The third-order valence-corrected chi connectivity index (χ3v) is 4.36. The molecule has 1 amide bonds. The third kappa shape index (κ3) is 5.06. The van der Waals surface area contributed by atoms with Crippen LogP contribution in [0.1, 0.15) is 31.7 Å². The number of halogens is 1. The van der Waals surface area contributed by atoms with E-state index in [1.807, 2.05) is 24.3 Å². The van der Waals surface area contributed by atoms with Crippen LogP contribution in [-0.2, 0) is 11.2 Å². The molecule has 0 radical (unpaired) electrons. The summed E-state index contributed by atoms with van der Waals surface area (Å²) < 4.78 is 6.56. The van der Waals surface area contributed by atoms with Crippen LogP contribution in [0.3, 0.4) is 0 Å². The molecule has 1 aromatic heterocycles. The second kappa shape index (κ2) is 8.24. The maximum absolute atomic E-state index is 12.1. The van der Waals surface area contributed by atoms with Crippen LogP contribution in [0.15, 0.2) is 28.7 Å². The summed E-state index contributed by atoms with van der Waals surface area (Å²) in [6.45, 7) is 3.83. The molecule has 1 unspecified atom stereocenters. The maximum Gasteiger partial charge on any atom is 0.266 e. The van der Waals surface area contributed by atoms with Gasteiger partial charge in [0.05, 0.1) is 0 Å². The number of anilines is 1. The average Bonchev–Trinajstić information content (AvgIpc) is 2.95. The monoisotopic (exact) mass is 383 g/mol. The van der Waals surface area contributed by atoms with Crippen LogP contribution in [0.25, 0.3) is 0 Å². The number of hydrogen-bond donors (Lipinski definition) is 1. The van der Waals surface area contributed by atoms with Gasteiger partial charge in [0.2, 0.25) is 5.13 Å². The quantitative estimate of drug-likeness (QED) is 0.782. The van der Waals surface area contributed by atoms with Gasteiger partial charge in [0.15, 0.2) is 6.10 Å². The molecular weight excluding hydrogens is 366 g/mol. The lowest BCUT2D eigenvalue weighted by Gasteiger charge is -2.13. The zero-order valence-electron chi connectivity index (χ0n) is 12.5. The molecular formula is C15H18BrN3O2S. The molecule has 0 saturated carbocycles. The summed E-state index contributed by atoms with van der Waals surface area (Å²) in [7, 11) is 0. The third-order valence-electron chi connectivity index (χ3n) is 2.94. The Morgan fingerprint density at radius 3 is 2.77 bits per heavy atom. The van der Waals surface area contributed by atoms with Crippen LogP contribution in [0.5, 0.6) is 5.75 Å². The number of ether oxygens (including phenoxy) is 1. The smallest absolute Gasteiger partial charge is 0.266 e. The lowest BCUT2D eigenvalue weighted by molar-refractivity contribution is -0.122. The molecule has 1 atom stereocenters. The molecule has 0 bridgehead atoms. The van der Waals surface area contributed by atoms with Gasteiger partial charge >= 0.3 is 0 Å². The van der Waals surface area contributed by atoms with Crippen molar-refractivity contribution < 1.29 is 9.53 Å². The number of aryl methyl sites for hydroxylation is 1. The number of benzene rings is 1. The maximum atomic E-state index is 12.1. The molecule has 0 fully saturated rings. The number of carbonyl (C=O) groups is 1. The summed E-state index contributed by atoms with van der Waals surface area (Å²) in [6.07, 6.45) is 2.48. The Labute approximate surface area is 142 Å². The summed E-state index contributed by atoms with van der Waals surface area (Å²) in [5.74, 6) is 0.410. The Bertz CT molecular complexity index is 616. The van der Waals surface area contributed by atoms with Crippen molar-refractivity contribution in [3.63, 3.8) is 0 Å². The van der Waals surface area contributed by atoms with E-state index in [9.17, 15) is 4.79 Å². The van der Waals surface area contributed by atoms with Crippen molar-refractivity contribution in [1.29, 1.82) is 0 Å². The predicted molar refractivity (Wildman–Crippen MR) is 91.4 cm³/mol. The summed E-state index contributed by atoms with van der Waals surface area (Å²) in [5.41, 5.74) is 0. The van der Waals surface area contributed by atoms with E-state index in [-0.39, 0.29) is 5.91 Å². The fourth-order valence-corrected chi connectivity index (χ4v) is 2.76. The molecule has 5 nitrogen and oxygen atoms in total. The molecule has 7 heteroatoms. The molecule has 0 aliphatic rings. The van der Waals surface area contributed by atoms with Gasteiger partial charge in [0, 0.05) is 10.9 Å². The van der Waals surface area contributed by atoms with E-state index in [1.165, 1.54) is 11.3 Å². The summed E-state index contributed by atoms with van der Waals surface area (Å²) in [4.78, 5) is 12.1. The molecule has 1 N–H and O–H groups in total. The van der Waals surface area contributed by atoms with Gasteiger partial charge in [-0.1, -0.05) is 40.6 Å². The number of unbranched alkanes of at least 4 members (excludes halogenated alkanes) is 1. The van der Waals surface area contributed by atoms with Crippen molar-refractivity contribution in [2.75, 3.05) is 5.32 Å². The van der Waals surface area contributed by atoms with Gasteiger partial charge in [-0.25, -0.2) is 0 Å². The van der Waals surface area contributed by atoms with Gasteiger partial charge in [-0.15, -0.1) is 10.2 Å². The SMILES string of the molecule is CCCCc1nnc(NC(=O)C(C)Oc2ccc(Br)cc2)s1. The van der Waals surface area contributed by atoms with Crippen molar-refractivity contribution in [3.8, 4) is 5.75 Å². The highest BCUT2D eigenvalue weighted by atomic mass is 79.9. The Morgan fingerprint density at radius 2 is 2.09 bits per heavy atom. The van der Waals surface area contributed by atoms with Crippen molar-refractivity contribution in [3.05, 3.63) is 33.7 Å². The Kier molecular flexibility index (Phi) is 6.33. The lowest BCUT2D eigenvalue weighted by Crippen LogP contribution is -2.30. The zero-order valence-corrected chi connectivity index (χ0v) is 14.9. The van der Waals surface area contributed by atoms with Crippen LogP contribution in [0.2, 0.25) is 0 Å². The number of aromatic nitrogens is 2. The standard InChI is InChI=1S/C15H18BrN3O2S/c1-3-4-5-13-18-19-15(22-13)17-14(20)10(2)21-12-8-6-11(16)7-9-12/h6-10H,3-5H2,1-2H3,(H,17,19,20). The molecule has 118 valence electrons. The first-order valence-electron chi connectivity index (χ1n) is 7.14. The molecule has 1 aromatic carbocycles. The topological polar surface area (TPSA) is 64.1 Å². The van der Waals surface area contributed by atoms with Crippen molar-refractivity contribution in [1.82, 2.24) is 10.2 Å². The summed E-state index contributed by atoms with van der Waals surface area (Å²) >= 11 is 4.77. The van der Waals surface area contributed by atoms with Crippen molar-refractivity contribution in [2.24, 2.45) is 0 Å². The largest absolute Gasteiger partial charge is 0.481 e. The fraction of sp³-hybridized carbons (Fsp3) is 0.400. The molecule has 2 aromatic rings. The van der Waals surface area contributed by atoms with Crippen LogP contribution in [-0.4, -0.2) is 22.2 Å². The second-order valence-corrected chi connectivity index (χ2v) is 6.79. The molecule has 2 rings (SSSR count). The van der Waals surface area contributed by atoms with E-state index in [2.05, 4.69) is 38.4 Å². The van der Waals surface area contributed by atoms with Gasteiger partial charge in [0.25, 0.3) is 5.91 Å².